The maximum atomic E-state index is 11.4. The van der Waals surface area contributed by atoms with Crippen LogP contribution in [0.1, 0.15) is 12.5 Å². The molecule has 3 heteroatoms. The molecule has 1 heterocycles. The molecule has 0 N–H and O–H groups in total. The Morgan fingerprint density at radius 2 is 2.31 bits per heavy atom. The molecule has 1 unspecified atom stereocenters. The van der Waals surface area contributed by atoms with Gasteiger partial charge in [0.25, 0.3) is 5.56 Å². The molecule has 1 aromatic rings. The molecule has 1 aromatic heterocycles. The normalized spacial score (nSPS) is 12.8. The van der Waals surface area contributed by atoms with Crippen LogP contribution < -0.4 is 5.56 Å². The van der Waals surface area contributed by atoms with Crippen molar-refractivity contribution in [3.63, 3.8) is 0 Å². The molecule has 0 saturated heterocycles. The fraction of sp³-hybridized carbons (Fsp3) is 0.500. The second kappa shape index (κ2) is 4.47. The Morgan fingerprint density at radius 3 is 2.85 bits per heavy atom. The van der Waals surface area contributed by atoms with E-state index in [1.807, 2.05) is 26.1 Å². The van der Waals surface area contributed by atoms with E-state index in [0.717, 1.165) is 5.56 Å². The summed E-state index contributed by atoms with van der Waals surface area (Å²) in [5, 5.41) is 0. The predicted molar refractivity (Wildman–Crippen MR) is 55.3 cm³/mol. The van der Waals surface area contributed by atoms with Crippen molar-refractivity contribution in [2.75, 3.05) is 5.88 Å². The van der Waals surface area contributed by atoms with Crippen LogP contribution in [0, 0.1) is 12.8 Å². The van der Waals surface area contributed by atoms with Crippen LogP contribution in [0.4, 0.5) is 0 Å². The molecule has 0 bridgehead atoms. The lowest BCUT2D eigenvalue weighted by Gasteiger charge is -2.09. The van der Waals surface area contributed by atoms with Gasteiger partial charge in [-0.25, -0.2) is 0 Å². The Balaban J connectivity index is 2.84. The van der Waals surface area contributed by atoms with Gasteiger partial charge in [0.2, 0.25) is 0 Å². The molecule has 1 atom stereocenters. The Labute approximate surface area is 83.2 Å². The first-order valence-corrected chi connectivity index (χ1v) is 4.90. The summed E-state index contributed by atoms with van der Waals surface area (Å²) in [6, 6.07) is 3.57. The van der Waals surface area contributed by atoms with Crippen molar-refractivity contribution in [3.8, 4) is 0 Å². The molecule has 0 amide bonds. The van der Waals surface area contributed by atoms with Crippen LogP contribution in [0.5, 0.6) is 0 Å². The first kappa shape index (κ1) is 10.3. The maximum Gasteiger partial charge on any atom is 0.250 e. The highest BCUT2D eigenvalue weighted by molar-refractivity contribution is 6.18. The summed E-state index contributed by atoms with van der Waals surface area (Å²) >= 11 is 5.67. The van der Waals surface area contributed by atoms with Gasteiger partial charge < -0.3 is 4.57 Å². The molecular formula is C10H14ClNO. The van der Waals surface area contributed by atoms with Crippen LogP contribution in [0.15, 0.2) is 23.1 Å². The van der Waals surface area contributed by atoms with Crippen molar-refractivity contribution in [2.24, 2.45) is 5.92 Å². The smallest absolute Gasteiger partial charge is 0.250 e. The first-order valence-electron chi connectivity index (χ1n) is 4.36. The van der Waals surface area contributed by atoms with E-state index < -0.39 is 0 Å². The van der Waals surface area contributed by atoms with Crippen molar-refractivity contribution in [1.29, 1.82) is 0 Å². The van der Waals surface area contributed by atoms with Crippen LogP contribution in [0.25, 0.3) is 0 Å². The van der Waals surface area contributed by atoms with E-state index in [1.165, 1.54) is 0 Å². The number of aryl methyl sites for hydroxylation is 1. The van der Waals surface area contributed by atoms with E-state index in [-0.39, 0.29) is 5.56 Å². The average molecular weight is 200 g/mol. The molecule has 0 aliphatic heterocycles. The van der Waals surface area contributed by atoms with Gasteiger partial charge in [0.1, 0.15) is 0 Å². The molecule has 0 spiro atoms. The largest absolute Gasteiger partial charge is 0.315 e. The van der Waals surface area contributed by atoms with Crippen LogP contribution >= 0.6 is 11.6 Å². The number of rotatable bonds is 3. The van der Waals surface area contributed by atoms with Crippen molar-refractivity contribution < 1.29 is 0 Å². The second-order valence-corrected chi connectivity index (χ2v) is 3.76. The summed E-state index contributed by atoms with van der Waals surface area (Å²) in [4.78, 5) is 11.4. The molecule has 72 valence electrons. The molecule has 0 saturated carbocycles. The molecule has 0 aromatic carbocycles. The van der Waals surface area contributed by atoms with E-state index in [0.29, 0.717) is 18.3 Å². The second-order valence-electron chi connectivity index (χ2n) is 3.45. The first-order chi connectivity index (χ1) is 6.13. The minimum absolute atomic E-state index is 0.0527. The Morgan fingerprint density at radius 1 is 1.62 bits per heavy atom. The number of alkyl halides is 1. The third kappa shape index (κ3) is 2.88. The van der Waals surface area contributed by atoms with Gasteiger partial charge in [0.15, 0.2) is 0 Å². The average Bonchev–Trinajstić information content (AvgIpc) is 2.09. The van der Waals surface area contributed by atoms with Gasteiger partial charge in [-0.3, -0.25) is 4.79 Å². The quantitative estimate of drug-likeness (QED) is 0.683. The lowest BCUT2D eigenvalue weighted by Crippen LogP contribution is -2.22. The van der Waals surface area contributed by atoms with Crippen molar-refractivity contribution >= 4 is 11.6 Å². The molecule has 13 heavy (non-hydrogen) atoms. The molecule has 0 aliphatic carbocycles. The summed E-state index contributed by atoms with van der Waals surface area (Å²) in [5.41, 5.74) is 1.05. The van der Waals surface area contributed by atoms with Gasteiger partial charge in [0, 0.05) is 24.7 Å². The topological polar surface area (TPSA) is 22.0 Å². The van der Waals surface area contributed by atoms with E-state index >= 15 is 0 Å². The summed E-state index contributed by atoms with van der Waals surface area (Å²) in [6.07, 6.45) is 1.82. The monoisotopic (exact) mass is 199 g/mol. The zero-order valence-electron chi connectivity index (χ0n) is 7.96. The summed E-state index contributed by atoms with van der Waals surface area (Å²) in [5.74, 6) is 0.919. The van der Waals surface area contributed by atoms with Crippen LogP contribution in [0.2, 0.25) is 0 Å². The molecule has 1 rings (SSSR count). The lowest BCUT2D eigenvalue weighted by molar-refractivity contribution is 0.515. The number of halogens is 1. The Bertz CT molecular complexity index is 332. The van der Waals surface area contributed by atoms with E-state index in [1.54, 1.807) is 10.6 Å². The lowest BCUT2D eigenvalue weighted by atomic mass is 10.2. The SMILES string of the molecule is Cc1ccn(CC(C)CCl)c(=O)c1. The zero-order valence-corrected chi connectivity index (χ0v) is 8.71. The number of hydrogen-bond acceptors (Lipinski definition) is 1. The number of nitrogens with zero attached hydrogens (tertiary/aromatic N) is 1. The third-order valence-electron chi connectivity index (χ3n) is 1.92. The van der Waals surface area contributed by atoms with Gasteiger partial charge in [-0.05, 0) is 24.5 Å². The summed E-state index contributed by atoms with van der Waals surface area (Å²) in [6.45, 7) is 4.64. The molecule has 2 nitrogen and oxygen atoms in total. The Kier molecular flexibility index (Phi) is 3.55. The van der Waals surface area contributed by atoms with Gasteiger partial charge >= 0.3 is 0 Å². The highest BCUT2D eigenvalue weighted by atomic mass is 35.5. The minimum Gasteiger partial charge on any atom is -0.315 e. The number of aromatic nitrogens is 1. The van der Waals surface area contributed by atoms with Crippen molar-refractivity contribution in [2.45, 2.75) is 20.4 Å². The third-order valence-corrected chi connectivity index (χ3v) is 2.45. The fourth-order valence-electron chi connectivity index (χ4n) is 1.14. The van der Waals surface area contributed by atoms with Crippen molar-refractivity contribution in [3.05, 3.63) is 34.2 Å². The molecular weight excluding hydrogens is 186 g/mol. The minimum atomic E-state index is 0.0527. The van der Waals surface area contributed by atoms with Gasteiger partial charge in [-0.1, -0.05) is 6.92 Å². The van der Waals surface area contributed by atoms with Crippen molar-refractivity contribution in [1.82, 2.24) is 4.57 Å². The van der Waals surface area contributed by atoms with E-state index in [4.69, 9.17) is 11.6 Å². The number of pyridine rings is 1. The van der Waals surface area contributed by atoms with Gasteiger partial charge in [0.05, 0.1) is 0 Å². The highest BCUT2D eigenvalue weighted by Gasteiger charge is 2.02. The molecule has 0 fully saturated rings. The van der Waals surface area contributed by atoms with Crippen LogP contribution in [-0.4, -0.2) is 10.4 Å². The highest BCUT2D eigenvalue weighted by Crippen LogP contribution is 2.01. The summed E-state index contributed by atoms with van der Waals surface area (Å²) in [7, 11) is 0. The van der Waals surface area contributed by atoms with Gasteiger partial charge in [-0.15, -0.1) is 11.6 Å². The van der Waals surface area contributed by atoms with E-state index in [9.17, 15) is 4.79 Å². The van der Waals surface area contributed by atoms with Gasteiger partial charge in [-0.2, -0.15) is 0 Å². The molecule has 0 aliphatic rings. The van der Waals surface area contributed by atoms with Crippen LogP contribution in [-0.2, 0) is 6.54 Å². The maximum absolute atomic E-state index is 11.4. The standard InChI is InChI=1S/C10H14ClNO/c1-8-3-4-12(10(13)5-8)7-9(2)6-11/h3-5,9H,6-7H2,1-2H3. The predicted octanol–water partition coefficient (Wildman–Crippen LogP) is 2.03. The molecule has 0 radical (unpaired) electrons. The Hall–Kier alpha value is -0.760. The summed E-state index contributed by atoms with van der Waals surface area (Å²) < 4.78 is 1.69. The number of hydrogen-bond donors (Lipinski definition) is 0. The van der Waals surface area contributed by atoms with E-state index in [2.05, 4.69) is 0 Å². The van der Waals surface area contributed by atoms with Crippen LogP contribution in [0.3, 0.4) is 0 Å². The fourth-order valence-corrected chi connectivity index (χ4v) is 1.24. The zero-order chi connectivity index (χ0) is 9.84.